The molecule has 1 N–H and O–H groups in total. The summed E-state index contributed by atoms with van der Waals surface area (Å²) in [7, 11) is 0. The van der Waals surface area contributed by atoms with Crippen molar-refractivity contribution < 1.29 is 19.5 Å². The minimum atomic E-state index is -0.980. The fraction of sp³-hybridized carbons (Fsp3) is 0.308. The van der Waals surface area contributed by atoms with Crippen LogP contribution in [0.2, 0.25) is 0 Å². The number of hydrogen-bond acceptors (Lipinski definition) is 4. The van der Waals surface area contributed by atoms with Crippen LogP contribution in [0.15, 0.2) is 30.3 Å². The van der Waals surface area contributed by atoms with E-state index in [1.807, 2.05) is 30.3 Å². The molecular weight excluding hydrogens is 266 g/mol. The molecule has 19 heavy (non-hydrogen) atoms. The van der Waals surface area contributed by atoms with Crippen LogP contribution < -0.4 is 0 Å². The molecule has 1 unspecified atom stereocenters. The molecule has 0 saturated carbocycles. The van der Waals surface area contributed by atoms with E-state index < -0.39 is 11.2 Å². The van der Waals surface area contributed by atoms with Crippen LogP contribution in [-0.4, -0.2) is 38.8 Å². The first-order valence-corrected chi connectivity index (χ1v) is 6.84. The Morgan fingerprint density at radius 1 is 1.32 bits per heavy atom. The van der Waals surface area contributed by atoms with Crippen molar-refractivity contribution in [3.8, 4) is 0 Å². The maximum Gasteiger partial charge on any atom is 0.313 e. The average molecular weight is 279 g/mol. The second kappa shape index (κ2) is 5.88. The number of carboxylic acid groups (broad SMARTS) is 1. The third-order valence-corrected chi connectivity index (χ3v) is 3.98. The fourth-order valence-corrected chi connectivity index (χ4v) is 2.76. The second-order valence-electron chi connectivity index (χ2n) is 4.20. The molecule has 2 rings (SSSR count). The van der Waals surface area contributed by atoms with Crippen LogP contribution in [0.5, 0.6) is 0 Å². The molecule has 100 valence electrons. The van der Waals surface area contributed by atoms with Gasteiger partial charge in [-0.2, -0.15) is 0 Å². The summed E-state index contributed by atoms with van der Waals surface area (Å²) >= 11 is 1.01. The normalized spacial score (nSPS) is 18.9. The molecule has 1 heterocycles. The largest absolute Gasteiger partial charge is 0.481 e. The van der Waals surface area contributed by atoms with Gasteiger partial charge in [0.2, 0.25) is 11.8 Å². The Balaban J connectivity index is 2.00. The molecule has 5 nitrogen and oxygen atoms in total. The predicted octanol–water partition coefficient (Wildman–Crippen LogP) is 1.13. The number of carbonyl (C=O) groups excluding carboxylic acids is 2. The molecule has 0 spiro atoms. The molecule has 0 radical (unpaired) electrons. The number of carboxylic acids is 1. The minimum Gasteiger partial charge on any atom is -0.481 e. The van der Waals surface area contributed by atoms with Crippen molar-refractivity contribution in [2.75, 3.05) is 5.75 Å². The summed E-state index contributed by atoms with van der Waals surface area (Å²) in [5, 5.41) is 8.03. The molecule has 1 aromatic carbocycles. The lowest BCUT2D eigenvalue weighted by molar-refractivity contribution is -0.139. The Bertz CT molecular complexity index is 503. The average Bonchev–Trinajstić information content (AvgIpc) is 2.65. The number of carbonyl (C=O) groups is 3. The van der Waals surface area contributed by atoms with E-state index in [-0.39, 0.29) is 30.5 Å². The maximum atomic E-state index is 12.0. The van der Waals surface area contributed by atoms with E-state index >= 15 is 0 Å². The third-order valence-electron chi connectivity index (χ3n) is 2.79. The quantitative estimate of drug-likeness (QED) is 0.818. The SMILES string of the molecule is O=C(O)CSC1CC(=O)N(Cc2ccccc2)C1=O. The van der Waals surface area contributed by atoms with Crippen LogP contribution in [-0.2, 0) is 20.9 Å². The van der Waals surface area contributed by atoms with Gasteiger partial charge >= 0.3 is 5.97 Å². The van der Waals surface area contributed by atoms with E-state index in [0.717, 1.165) is 17.3 Å². The molecule has 1 aliphatic rings. The molecule has 1 aromatic rings. The topological polar surface area (TPSA) is 74.7 Å². The van der Waals surface area contributed by atoms with Gasteiger partial charge in [0.1, 0.15) is 0 Å². The number of likely N-dealkylation sites (tertiary alicyclic amines) is 1. The first-order valence-electron chi connectivity index (χ1n) is 5.79. The smallest absolute Gasteiger partial charge is 0.313 e. The molecule has 6 heteroatoms. The van der Waals surface area contributed by atoms with Gasteiger partial charge in [-0.25, -0.2) is 0 Å². The number of amides is 2. The highest BCUT2D eigenvalue weighted by Crippen LogP contribution is 2.26. The predicted molar refractivity (Wildman–Crippen MR) is 70.5 cm³/mol. The molecule has 1 fully saturated rings. The zero-order valence-corrected chi connectivity index (χ0v) is 10.9. The minimum absolute atomic E-state index is 0.0869. The van der Waals surface area contributed by atoms with E-state index in [9.17, 15) is 14.4 Å². The maximum absolute atomic E-state index is 12.0. The summed E-state index contributed by atoms with van der Waals surface area (Å²) in [5.74, 6) is -1.67. The Morgan fingerprint density at radius 2 is 2.00 bits per heavy atom. The summed E-state index contributed by atoms with van der Waals surface area (Å²) in [6.07, 6.45) is 0.0869. The highest BCUT2D eigenvalue weighted by atomic mass is 32.2. The van der Waals surface area contributed by atoms with Gasteiger partial charge in [0.25, 0.3) is 0 Å². The molecule has 0 aliphatic carbocycles. The van der Waals surface area contributed by atoms with Gasteiger partial charge in [0, 0.05) is 6.42 Å². The van der Waals surface area contributed by atoms with Crippen molar-refractivity contribution in [1.82, 2.24) is 4.90 Å². The first-order chi connectivity index (χ1) is 9.08. The zero-order chi connectivity index (χ0) is 13.8. The van der Waals surface area contributed by atoms with Crippen LogP contribution in [0.4, 0.5) is 0 Å². The van der Waals surface area contributed by atoms with E-state index in [0.29, 0.717) is 0 Å². The highest BCUT2D eigenvalue weighted by molar-refractivity contribution is 8.01. The standard InChI is InChI=1S/C13H13NO4S/c15-11-6-10(19-8-12(16)17)13(18)14(11)7-9-4-2-1-3-5-9/h1-5,10H,6-8H2,(H,16,17). The van der Waals surface area contributed by atoms with Gasteiger partial charge in [0.15, 0.2) is 0 Å². The van der Waals surface area contributed by atoms with E-state index in [1.54, 1.807) is 0 Å². The number of thioether (sulfide) groups is 1. The molecular formula is C13H13NO4S. The summed E-state index contributed by atoms with van der Waals surface area (Å²) < 4.78 is 0. The number of benzene rings is 1. The molecule has 0 bridgehead atoms. The number of rotatable bonds is 5. The Hall–Kier alpha value is -1.82. The van der Waals surface area contributed by atoms with E-state index in [1.165, 1.54) is 4.90 Å². The van der Waals surface area contributed by atoms with Crippen LogP contribution >= 0.6 is 11.8 Å². The number of nitrogens with zero attached hydrogens (tertiary/aromatic N) is 1. The van der Waals surface area contributed by atoms with Crippen molar-refractivity contribution >= 4 is 29.5 Å². The van der Waals surface area contributed by atoms with Gasteiger partial charge in [-0.05, 0) is 5.56 Å². The zero-order valence-electron chi connectivity index (χ0n) is 10.1. The second-order valence-corrected chi connectivity index (χ2v) is 5.39. The Labute approximate surface area is 114 Å². The van der Waals surface area contributed by atoms with Crippen molar-refractivity contribution in [3.05, 3.63) is 35.9 Å². The summed E-state index contributed by atoms with van der Waals surface area (Å²) in [4.78, 5) is 35.5. The summed E-state index contributed by atoms with van der Waals surface area (Å²) in [5.41, 5.74) is 0.882. The summed E-state index contributed by atoms with van der Waals surface area (Å²) in [6, 6.07) is 9.24. The van der Waals surface area contributed by atoms with Gasteiger partial charge < -0.3 is 5.11 Å². The van der Waals surface area contributed by atoms with Crippen molar-refractivity contribution in [2.24, 2.45) is 0 Å². The lowest BCUT2D eigenvalue weighted by Gasteiger charge is -2.14. The van der Waals surface area contributed by atoms with Gasteiger partial charge in [-0.3, -0.25) is 19.3 Å². The van der Waals surface area contributed by atoms with Gasteiger partial charge in [-0.1, -0.05) is 30.3 Å². The molecule has 1 saturated heterocycles. The lowest BCUT2D eigenvalue weighted by atomic mass is 10.2. The van der Waals surface area contributed by atoms with Crippen LogP contribution in [0.3, 0.4) is 0 Å². The van der Waals surface area contributed by atoms with E-state index in [2.05, 4.69) is 0 Å². The number of aliphatic carboxylic acids is 1. The van der Waals surface area contributed by atoms with Gasteiger partial charge in [-0.15, -0.1) is 11.8 Å². The first kappa shape index (κ1) is 13.6. The van der Waals surface area contributed by atoms with Crippen molar-refractivity contribution in [3.63, 3.8) is 0 Å². The van der Waals surface area contributed by atoms with Crippen LogP contribution in [0.25, 0.3) is 0 Å². The third kappa shape index (κ3) is 3.35. The van der Waals surface area contributed by atoms with Crippen LogP contribution in [0, 0.1) is 0 Å². The van der Waals surface area contributed by atoms with Gasteiger partial charge in [0.05, 0.1) is 17.5 Å². The fourth-order valence-electron chi connectivity index (χ4n) is 1.89. The Morgan fingerprint density at radius 3 is 2.63 bits per heavy atom. The number of hydrogen-bond donors (Lipinski definition) is 1. The van der Waals surface area contributed by atoms with Crippen molar-refractivity contribution in [1.29, 1.82) is 0 Å². The Kier molecular flexibility index (Phi) is 4.21. The highest BCUT2D eigenvalue weighted by Gasteiger charge is 2.38. The molecule has 1 aliphatic heterocycles. The monoisotopic (exact) mass is 279 g/mol. The van der Waals surface area contributed by atoms with Crippen LogP contribution in [0.1, 0.15) is 12.0 Å². The van der Waals surface area contributed by atoms with E-state index in [4.69, 9.17) is 5.11 Å². The molecule has 2 amide bonds. The van der Waals surface area contributed by atoms with Crippen molar-refractivity contribution in [2.45, 2.75) is 18.2 Å². The molecule has 0 aromatic heterocycles. The lowest BCUT2D eigenvalue weighted by Crippen LogP contribution is -2.31. The molecule has 1 atom stereocenters. The number of imide groups is 1. The summed E-state index contributed by atoms with van der Waals surface area (Å²) in [6.45, 7) is 0.253.